The Hall–Kier alpha value is -3.35. The first-order valence-electron chi connectivity index (χ1n) is 13.5. The minimum absolute atomic E-state index is 0.0446. The fraction of sp³-hybridized carbons (Fsp3) is 0.484. The van der Waals surface area contributed by atoms with E-state index in [2.05, 4.69) is 23.6 Å². The molecule has 1 atom stereocenters. The number of benzene rings is 2. The summed E-state index contributed by atoms with van der Waals surface area (Å²) in [6.45, 7) is 7.80. The molecule has 2 amide bonds. The molecule has 1 fully saturated rings. The maximum absolute atomic E-state index is 13.5. The molecule has 0 radical (unpaired) electrons. The topological polar surface area (TPSA) is 87.6 Å². The third kappa shape index (κ3) is 7.15. The number of rotatable bonds is 11. The summed E-state index contributed by atoms with van der Waals surface area (Å²) < 4.78 is 13.2. The Labute approximate surface area is 224 Å². The van der Waals surface area contributed by atoms with Crippen LogP contribution >= 0.6 is 0 Å². The molecule has 2 aromatic carbocycles. The molecule has 0 aromatic heterocycles. The molecule has 2 aromatic rings. The highest BCUT2D eigenvalue weighted by Gasteiger charge is 2.50. The number of amides is 2. The summed E-state index contributed by atoms with van der Waals surface area (Å²) >= 11 is 0. The van der Waals surface area contributed by atoms with E-state index in [0.29, 0.717) is 6.42 Å². The van der Waals surface area contributed by atoms with E-state index in [1.165, 1.54) is 23.3 Å². The van der Waals surface area contributed by atoms with Gasteiger partial charge in [-0.1, -0.05) is 24.3 Å². The number of halogens is 1. The third-order valence-electron chi connectivity index (χ3n) is 7.33. The van der Waals surface area contributed by atoms with Crippen LogP contribution in [0.3, 0.4) is 0 Å². The lowest BCUT2D eigenvalue weighted by atomic mass is 9.92. The molecule has 202 valence electrons. The first-order chi connectivity index (χ1) is 17.9. The molecule has 4 rings (SSSR count). The Morgan fingerprint density at radius 1 is 1.05 bits per heavy atom. The maximum Gasteiger partial charge on any atom is 0.224 e. The second kappa shape index (κ2) is 11.2. The smallest absolute Gasteiger partial charge is 0.224 e. The van der Waals surface area contributed by atoms with Crippen LogP contribution in [0.2, 0.25) is 0 Å². The molecule has 1 aliphatic carbocycles. The summed E-state index contributed by atoms with van der Waals surface area (Å²) in [5.41, 5.74) is 4.37. The van der Waals surface area contributed by atoms with Gasteiger partial charge in [-0.25, -0.2) is 4.39 Å². The average molecular weight is 520 g/mol. The van der Waals surface area contributed by atoms with E-state index in [1.54, 1.807) is 12.1 Å². The maximum atomic E-state index is 13.5. The van der Waals surface area contributed by atoms with Gasteiger partial charge in [-0.15, -0.1) is 0 Å². The normalized spacial score (nSPS) is 16.3. The van der Waals surface area contributed by atoms with Crippen LogP contribution in [0, 0.1) is 18.7 Å². The van der Waals surface area contributed by atoms with Gasteiger partial charge in [-0.3, -0.25) is 19.4 Å². The molecule has 7 heteroatoms. The number of aliphatic imine (C=N–C) groups is 1. The van der Waals surface area contributed by atoms with Crippen molar-refractivity contribution >= 4 is 29.0 Å². The summed E-state index contributed by atoms with van der Waals surface area (Å²) in [5, 5.41) is 6.16. The standard InChI is InChI=1S/C31H38FN3O3/c1-20-6-5-7-26-25(20)19-27(33-26)31(16-17-31)35-29(38)22(11-15-28(37)34-30(2,3)4)18-24(36)14-10-21-8-12-23(32)13-9-21/h5-9,12-13,22H,10-11,14-19H2,1-4H3,(H,34,37)(H,35,38)/t22-/m1/s1. The minimum atomic E-state index is -0.606. The molecular formula is C31H38FN3O3. The summed E-state index contributed by atoms with van der Waals surface area (Å²) in [7, 11) is 0. The molecule has 1 aliphatic heterocycles. The van der Waals surface area contributed by atoms with Gasteiger partial charge in [0.05, 0.1) is 11.2 Å². The molecule has 0 bridgehead atoms. The van der Waals surface area contributed by atoms with Crippen molar-refractivity contribution in [1.29, 1.82) is 0 Å². The molecule has 1 heterocycles. The Morgan fingerprint density at radius 3 is 2.39 bits per heavy atom. The van der Waals surface area contributed by atoms with E-state index in [-0.39, 0.29) is 54.6 Å². The molecule has 38 heavy (non-hydrogen) atoms. The number of carbonyl (C=O) groups excluding carboxylic acids is 3. The quantitative estimate of drug-likeness (QED) is 0.422. The van der Waals surface area contributed by atoms with Crippen molar-refractivity contribution in [3.63, 3.8) is 0 Å². The second-order valence-corrected chi connectivity index (χ2v) is 11.8. The van der Waals surface area contributed by atoms with Crippen LogP contribution in [0.1, 0.15) is 76.0 Å². The number of ketones is 1. The molecular weight excluding hydrogens is 481 g/mol. The third-order valence-corrected chi connectivity index (χ3v) is 7.33. The summed E-state index contributed by atoms with van der Waals surface area (Å²) in [6, 6.07) is 12.2. The number of hydrogen-bond donors (Lipinski definition) is 2. The second-order valence-electron chi connectivity index (χ2n) is 11.8. The lowest BCUT2D eigenvalue weighted by Crippen LogP contribution is -2.46. The van der Waals surface area contributed by atoms with Crippen molar-refractivity contribution in [2.75, 3.05) is 0 Å². The van der Waals surface area contributed by atoms with E-state index >= 15 is 0 Å². The Bertz CT molecular complexity index is 1240. The Balaban J connectivity index is 1.41. The monoisotopic (exact) mass is 519 g/mol. The molecule has 2 N–H and O–H groups in total. The highest BCUT2D eigenvalue weighted by molar-refractivity contribution is 6.05. The SMILES string of the molecule is Cc1cccc2c1CC(C1(NC(=O)[C@H](CCC(=O)NC(C)(C)C)CC(=O)CCc3ccc(F)cc3)CC1)=N2. The van der Waals surface area contributed by atoms with Gasteiger partial charge in [0.2, 0.25) is 11.8 Å². The fourth-order valence-electron chi connectivity index (χ4n) is 5.02. The van der Waals surface area contributed by atoms with E-state index in [0.717, 1.165) is 36.2 Å². The number of nitrogens with zero attached hydrogens (tertiary/aromatic N) is 1. The molecule has 2 aliphatic rings. The van der Waals surface area contributed by atoms with Gasteiger partial charge < -0.3 is 10.6 Å². The number of aryl methyl sites for hydroxylation is 2. The molecule has 6 nitrogen and oxygen atoms in total. The van der Waals surface area contributed by atoms with Gasteiger partial charge in [0.25, 0.3) is 0 Å². The lowest BCUT2D eigenvalue weighted by molar-refractivity contribution is -0.131. The van der Waals surface area contributed by atoms with Crippen molar-refractivity contribution in [2.45, 2.75) is 90.1 Å². The van der Waals surface area contributed by atoms with Gasteiger partial charge in [-0.05, 0) is 88.3 Å². The predicted octanol–water partition coefficient (Wildman–Crippen LogP) is 5.31. The van der Waals surface area contributed by atoms with Gasteiger partial charge in [-0.2, -0.15) is 0 Å². The molecule has 0 saturated heterocycles. The minimum Gasteiger partial charge on any atom is -0.352 e. The zero-order valence-electron chi connectivity index (χ0n) is 22.8. The average Bonchev–Trinajstić information content (AvgIpc) is 3.47. The fourth-order valence-corrected chi connectivity index (χ4v) is 5.02. The van der Waals surface area contributed by atoms with Crippen LogP contribution in [0.5, 0.6) is 0 Å². The zero-order valence-corrected chi connectivity index (χ0v) is 22.8. The van der Waals surface area contributed by atoms with Crippen LogP contribution in [0.15, 0.2) is 47.5 Å². The van der Waals surface area contributed by atoms with E-state index < -0.39 is 11.5 Å². The van der Waals surface area contributed by atoms with Gasteiger partial charge in [0.1, 0.15) is 11.6 Å². The van der Waals surface area contributed by atoms with Crippen molar-refractivity contribution in [3.8, 4) is 0 Å². The highest BCUT2D eigenvalue weighted by atomic mass is 19.1. The van der Waals surface area contributed by atoms with E-state index in [4.69, 9.17) is 4.99 Å². The van der Waals surface area contributed by atoms with E-state index in [9.17, 15) is 18.8 Å². The molecule has 1 saturated carbocycles. The Morgan fingerprint density at radius 2 is 1.76 bits per heavy atom. The van der Waals surface area contributed by atoms with Gasteiger partial charge >= 0.3 is 0 Å². The van der Waals surface area contributed by atoms with Crippen LogP contribution in [0.25, 0.3) is 0 Å². The van der Waals surface area contributed by atoms with Gasteiger partial charge in [0, 0.05) is 42.9 Å². The first kappa shape index (κ1) is 27.7. The lowest BCUT2D eigenvalue weighted by Gasteiger charge is -2.24. The number of Topliss-reactive ketones (excluding diaryl/α,β-unsaturated/α-hetero) is 1. The van der Waals surface area contributed by atoms with Crippen LogP contribution in [0.4, 0.5) is 10.1 Å². The summed E-state index contributed by atoms with van der Waals surface area (Å²) in [6.07, 6.45) is 3.62. The van der Waals surface area contributed by atoms with Crippen molar-refractivity contribution in [2.24, 2.45) is 10.9 Å². The number of fused-ring (bicyclic) bond motifs is 1. The summed E-state index contributed by atoms with van der Waals surface area (Å²) in [4.78, 5) is 43.8. The largest absolute Gasteiger partial charge is 0.352 e. The Kier molecular flexibility index (Phi) is 8.14. The molecule has 0 unspecified atom stereocenters. The van der Waals surface area contributed by atoms with E-state index in [1.807, 2.05) is 32.9 Å². The van der Waals surface area contributed by atoms with Crippen molar-refractivity contribution < 1.29 is 18.8 Å². The van der Waals surface area contributed by atoms with Crippen molar-refractivity contribution in [1.82, 2.24) is 10.6 Å². The number of hydrogen-bond acceptors (Lipinski definition) is 4. The predicted molar refractivity (Wildman–Crippen MR) is 147 cm³/mol. The highest BCUT2D eigenvalue weighted by Crippen LogP contribution is 2.43. The van der Waals surface area contributed by atoms with Crippen LogP contribution < -0.4 is 10.6 Å². The van der Waals surface area contributed by atoms with Crippen molar-refractivity contribution in [3.05, 3.63) is 65.0 Å². The van der Waals surface area contributed by atoms with Crippen LogP contribution in [-0.2, 0) is 27.2 Å². The summed E-state index contributed by atoms with van der Waals surface area (Å²) in [5.74, 6) is -1.30. The van der Waals surface area contributed by atoms with Gasteiger partial charge in [0.15, 0.2) is 0 Å². The zero-order chi connectivity index (χ0) is 27.5. The first-order valence-corrected chi connectivity index (χ1v) is 13.5. The number of nitrogens with one attached hydrogen (secondary N) is 2. The number of carbonyl (C=O) groups is 3. The van der Waals surface area contributed by atoms with Crippen LogP contribution in [-0.4, -0.2) is 34.4 Å². The molecule has 0 spiro atoms.